The lowest BCUT2D eigenvalue weighted by molar-refractivity contribution is -0.132. The molecule has 2 rings (SSSR count). The Morgan fingerprint density at radius 2 is 1.84 bits per heavy atom. The molecule has 1 saturated heterocycles. The standard InChI is InChI=1S/C15H22N2O2/c1-17(14-6-8-19-9-7-14)15(18)10-12-2-4-13(11-16)5-3-12/h2-5,14H,6-11,16H2,1H3. The molecule has 1 aromatic carbocycles. The summed E-state index contributed by atoms with van der Waals surface area (Å²) in [6.45, 7) is 2.05. The molecule has 0 aromatic heterocycles. The predicted molar refractivity (Wildman–Crippen MR) is 74.6 cm³/mol. The van der Waals surface area contributed by atoms with E-state index in [4.69, 9.17) is 10.5 Å². The van der Waals surface area contributed by atoms with Crippen LogP contribution < -0.4 is 5.73 Å². The van der Waals surface area contributed by atoms with Crippen LogP contribution in [0.2, 0.25) is 0 Å². The van der Waals surface area contributed by atoms with Crippen molar-refractivity contribution in [3.05, 3.63) is 35.4 Å². The summed E-state index contributed by atoms with van der Waals surface area (Å²) in [5.41, 5.74) is 7.69. The molecule has 0 bridgehead atoms. The zero-order valence-electron chi connectivity index (χ0n) is 11.5. The van der Waals surface area contributed by atoms with E-state index in [0.29, 0.717) is 19.0 Å². The first kappa shape index (κ1) is 14.0. The van der Waals surface area contributed by atoms with E-state index in [0.717, 1.165) is 37.2 Å². The maximum Gasteiger partial charge on any atom is 0.226 e. The first-order valence-electron chi connectivity index (χ1n) is 6.82. The van der Waals surface area contributed by atoms with Crippen LogP contribution in [0, 0.1) is 0 Å². The number of hydrogen-bond donors (Lipinski definition) is 1. The summed E-state index contributed by atoms with van der Waals surface area (Å²) in [5, 5.41) is 0. The molecule has 0 aliphatic carbocycles. The van der Waals surface area contributed by atoms with E-state index in [2.05, 4.69) is 0 Å². The minimum atomic E-state index is 0.174. The first-order chi connectivity index (χ1) is 9.20. The molecule has 0 radical (unpaired) electrons. The Kier molecular flexibility index (Phi) is 4.93. The highest BCUT2D eigenvalue weighted by Gasteiger charge is 2.22. The number of carbonyl (C=O) groups is 1. The second-order valence-corrected chi connectivity index (χ2v) is 5.05. The molecule has 1 aliphatic heterocycles. The number of benzene rings is 1. The lowest BCUT2D eigenvalue weighted by Crippen LogP contribution is -2.41. The van der Waals surface area contributed by atoms with Gasteiger partial charge in [0, 0.05) is 32.8 Å². The number of ether oxygens (including phenoxy) is 1. The van der Waals surface area contributed by atoms with Crippen LogP contribution in [0.1, 0.15) is 24.0 Å². The van der Waals surface area contributed by atoms with Crippen LogP contribution in [0.5, 0.6) is 0 Å². The monoisotopic (exact) mass is 262 g/mol. The fourth-order valence-electron chi connectivity index (χ4n) is 2.37. The van der Waals surface area contributed by atoms with E-state index in [9.17, 15) is 4.79 Å². The number of carbonyl (C=O) groups excluding carboxylic acids is 1. The summed E-state index contributed by atoms with van der Waals surface area (Å²) < 4.78 is 5.32. The minimum Gasteiger partial charge on any atom is -0.381 e. The van der Waals surface area contributed by atoms with Crippen LogP contribution in [0.4, 0.5) is 0 Å². The summed E-state index contributed by atoms with van der Waals surface area (Å²) in [5.74, 6) is 0.174. The van der Waals surface area contributed by atoms with Gasteiger partial charge in [-0.2, -0.15) is 0 Å². The van der Waals surface area contributed by atoms with Gasteiger partial charge in [-0.3, -0.25) is 4.79 Å². The third-order valence-electron chi connectivity index (χ3n) is 3.75. The van der Waals surface area contributed by atoms with Crippen molar-refractivity contribution in [2.45, 2.75) is 31.8 Å². The molecule has 1 amide bonds. The van der Waals surface area contributed by atoms with Gasteiger partial charge in [-0.05, 0) is 24.0 Å². The van der Waals surface area contributed by atoms with Gasteiger partial charge < -0.3 is 15.4 Å². The molecule has 1 heterocycles. The number of amides is 1. The van der Waals surface area contributed by atoms with E-state index < -0.39 is 0 Å². The van der Waals surface area contributed by atoms with E-state index >= 15 is 0 Å². The Bertz CT molecular complexity index is 411. The maximum absolute atomic E-state index is 12.2. The highest BCUT2D eigenvalue weighted by atomic mass is 16.5. The number of hydrogen-bond acceptors (Lipinski definition) is 3. The molecule has 4 heteroatoms. The zero-order chi connectivity index (χ0) is 13.7. The molecule has 0 unspecified atom stereocenters. The van der Waals surface area contributed by atoms with Crippen molar-refractivity contribution in [2.24, 2.45) is 5.73 Å². The lowest BCUT2D eigenvalue weighted by Gasteiger charge is -2.31. The van der Waals surface area contributed by atoms with Gasteiger partial charge in [0.1, 0.15) is 0 Å². The Morgan fingerprint density at radius 3 is 2.42 bits per heavy atom. The van der Waals surface area contributed by atoms with Crippen LogP contribution in [0.15, 0.2) is 24.3 Å². The molecule has 4 nitrogen and oxygen atoms in total. The largest absolute Gasteiger partial charge is 0.381 e. The first-order valence-corrected chi connectivity index (χ1v) is 6.82. The van der Waals surface area contributed by atoms with Gasteiger partial charge in [-0.1, -0.05) is 24.3 Å². The third-order valence-corrected chi connectivity index (χ3v) is 3.75. The Morgan fingerprint density at radius 1 is 1.26 bits per heavy atom. The third kappa shape index (κ3) is 3.78. The molecule has 0 saturated carbocycles. The van der Waals surface area contributed by atoms with Crippen molar-refractivity contribution in [3.8, 4) is 0 Å². The van der Waals surface area contributed by atoms with Crippen LogP contribution in [0.3, 0.4) is 0 Å². The van der Waals surface area contributed by atoms with Crippen molar-refractivity contribution < 1.29 is 9.53 Å². The van der Waals surface area contributed by atoms with Gasteiger partial charge in [0.15, 0.2) is 0 Å². The quantitative estimate of drug-likeness (QED) is 0.890. The highest BCUT2D eigenvalue weighted by Crippen LogP contribution is 2.14. The summed E-state index contributed by atoms with van der Waals surface area (Å²) in [6, 6.07) is 8.26. The van der Waals surface area contributed by atoms with Gasteiger partial charge in [-0.25, -0.2) is 0 Å². The van der Waals surface area contributed by atoms with E-state index in [1.165, 1.54) is 0 Å². The topological polar surface area (TPSA) is 55.6 Å². The summed E-state index contributed by atoms with van der Waals surface area (Å²) in [7, 11) is 1.90. The number of nitrogens with zero attached hydrogens (tertiary/aromatic N) is 1. The molecule has 0 spiro atoms. The molecule has 1 aromatic rings. The average Bonchev–Trinajstić information content (AvgIpc) is 2.48. The van der Waals surface area contributed by atoms with Crippen molar-refractivity contribution in [2.75, 3.05) is 20.3 Å². The van der Waals surface area contributed by atoms with Crippen molar-refractivity contribution in [3.63, 3.8) is 0 Å². The molecule has 2 N–H and O–H groups in total. The van der Waals surface area contributed by atoms with Crippen LogP contribution in [0.25, 0.3) is 0 Å². The van der Waals surface area contributed by atoms with Gasteiger partial charge in [0.05, 0.1) is 6.42 Å². The van der Waals surface area contributed by atoms with Gasteiger partial charge in [-0.15, -0.1) is 0 Å². The van der Waals surface area contributed by atoms with E-state index in [1.54, 1.807) is 0 Å². The molecule has 0 atom stereocenters. The van der Waals surface area contributed by atoms with Crippen molar-refractivity contribution >= 4 is 5.91 Å². The zero-order valence-corrected chi connectivity index (χ0v) is 11.5. The van der Waals surface area contributed by atoms with E-state index in [1.807, 2.05) is 36.2 Å². The fourth-order valence-corrected chi connectivity index (χ4v) is 2.37. The average molecular weight is 262 g/mol. The van der Waals surface area contributed by atoms with Crippen LogP contribution in [-0.2, 0) is 22.5 Å². The van der Waals surface area contributed by atoms with Crippen molar-refractivity contribution in [1.82, 2.24) is 4.90 Å². The SMILES string of the molecule is CN(C(=O)Cc1ccc(CN)cc1)C1CCOCC1. The second-order valence-electron chi connectivity index (χ2n) is 5.05. The van der Waals surface area contributed by atoms with Crippen LogP contribution in [-0.4, -0.2) is 37.1 Å². The highest BCUT2D eigenvalue weighted by molar-refractivity contribution is 5.78. The maximum atomic E-state index is 12.2. The molecule has 1 aliphatic rings. The predicted octanol–water partition coefficient (Wildman–Crippen LogP) is 1.33. The molecule has 104 valence electrons. The second kappa shape index (κ2) is 6.68. The molecule has 1 fully saturated rings. The number of nitrogens with two attached hydrogens (primary N) is 1. The molecular formula is C15H22N2O2. The van der Waals surface area contributed by atoms with E-state index in [-0.39, 0.29) is 5.91 Å². The van der Waals surface area contributed by atoms with Crippen molar-refractivity contribution in [1.29, 1.82) is 0 Å². The van der Waals surface area contributed by atoms with Crippen LogP contribution >= 0.6 is 0 Å². The Hall–Kier alpha value is -1.39. The minimum absolute atomic E-state index is 0.174. The number of rotatable bonds is 4. The normalized spacial score (nSPS) is 16.3. The molecule has 19 heavy (non-hydrogen) atoms. The number of likely N-dealkylation sites (N-methyl/N-ethyl adjacent to an activating group) is 1. The van der Waals surface area contributed by atoms with Gasteiger partial charge in [0.25, 0.3) is 0 Å². The van der Waals surface area contributed by atoms with Gasteiger partial charge in [0.2, 0.25) is 5.91 Å². The Balaban J connectivity index is 1.91. The fraction of sp³-hybridized carbons (Fsp3) is 0.533. The summed E-state index contributed by atoms with van der Waals surface area (Å²) in [4.78, 5) is 14.1. The summed E-state index contributed by atoms with van der Waals surface area (Å²) in [6.07, 6.45) is 2.33. The van der Waals surface area contributed by atoms with Gasteiger partial charge >= 0.3 is 0 Å². The Labute approximate surface area is 114 Å². The molecular weight excluding hydrogens is 240 g/mol. The smallest absolute Gasteiger partial charge is 0.226 e. The lowest BCUT2D eigenvalue weighted by atomic mass is 10.1. The summed E-state index contributed by atoms with van der Waals surface area (Å²) >= 11 is 0.